The van der Waals surface area contributed by atoms with Crippen molar-refractivity contribution in [3.05, 3.63) is 96.1 Å². The van der Waals surface area contributed by atoms with E-state index in [4.69, 9.17) is 14.8 Å². The number of oxime groups is 1. The van der Waals surface area contributed by atoms with E-state index < -0.39 is 0 Å². The van der Waals surface area contributed by atoms with Gasteiger partial charge in [-0.25, -0.2) is 9.97 Å². The molecule has 0 spiro atoms. The summed E-state index contributed by atoms with van der Waals surface area (Å²) in [7, 11) is 0. The van der Waals surface area contributed by atoms with Crippen molar-refractivity contribution in [3.63, 3.8) is 0 Å². The highest BCUT2D eigenvalue weighted by Crippen LogP contribution is 2.19. The first kappa shape index (κ1) is 21.3. The van der Waals surface area contributed by atoms with Gasteiger partial charge in [0.15, 0.2) is 5.82 Å². The van der Waals surface area contributed by atoms with Crippen molar-refractivity contribution in [3.8, 4) is 22.8 Å². The first-order chi connectivity index (χ1) is 15.7. The standard InChI is InChI=1S/C26H25N5O/c1-19-9-6-14-23(28-19)20(2)31-32-18-8-13-22-12-7-15-24(29-22)25-16-17-27-26(30-25)21-10-4-3-5-11-21/h3-7,9-12,14-17H,8,13,18H2,1-2H3. The van der Waals surface area contributed by atoms with Gasteiger partial charge < -0.3 is 4.84 Å². The Hall–Kier alpha value is -3.93. The molecule has 0 amide bonds. The molecule has 0 unspecified atom stereocenters. The third-order valence-electron chi connectivity index (χ3n) is 4.89. The Kier molecular flexibility index (Phi) is 6.92. The second kappa shape index (κ2) is 10.4. The number of benzene rings is 1. The van der Waals surface area contributed by atoms with Gasteiger partial charge in [0.2, 0.25) is 0 Å². The van der Waals surface area contributed by atoms with E-state index in [9.17, 15) is 0 Å². The summed E-state index contributed by atoms with van der Waals surface area (Å²) in [5.74, 6) is 0.694. The zero-order chi connectivity index (χ0) is 22.2. The molecular weight excluding hydrogens is 398 g/mol. The largest absolute Gasteiger partial charge is 0.396 e. The summed E-state index contributed by atoms with van der Waals surface area (Å²) < 4.78 is 0. The van der Waals surface area contributed by atoms with Gasteiger partial charge in [-0.05, 0) is 57.0 Å². The lowest BCUT2D eigenvalue weighted by Crippen LogP contribution is -2.02. The third-order valence-corrected chi connectivity index (χ3v) is 4.89. The van der Waals surface area contributed by atoms with Crippen LogP contribution in [0.15, 0.2) is 84.1 Å². The molecular formula is C26H25N5O. The highest BCUT2D eigenvalue weighted by Gasteiger charge is 2.07. The maximum absolute atomic E-state index is 5.49. The van der Waals surface area contributed by atoms with Crippen molar-refractivity contribution in [2.45, 2.75) is 26.7 Å². The van der Waals surface area contributed by atoms with Gasteiger partial charge in [-0.15, -0.1) is 0 Å². The summed E-state index contributed by atoms with van der Waals surface area (Å²) >= 11 is 0. The molecule has 1 aromatic carbocycles. The number of hydrogen-bond acceptors (Lipinski definition) is 6. The average molecular weight is 424 g/mol. The summed E-state index contributed by atoms with van der Waals surface area (Å²) in [4.78, 5) is 23.8. The molecule has 4 aromatic rings. The lowest BCUT2D eigenvalue weighted by atomic mass is 10.1. The Balaban J connectivity index is 1.35. The van der Waals surface area contributed by atoms with Crippen LogP contribution in [0, 0.1) is 6.92 Å². The van der Waals surface area contributed by atoms with Crippen molar-refractivity contribution in [1.29, 1.82) is 0 Å². The minimum atomic E-state index is 0.515. The summed E-state index contributed by atoms with van der Waals surface area (Å²) in [6, 6.07) is 23.7. The molecule has 3 aromatic heterocycles. The minimum absolute atomic E-state index is 0.515. The average Bonchev–Trinajstić information content (AvgIpc) is 2.84. The van der Waals surface area contributed by atoms with Crippen LogP contribution in [0.1, 0.15) is 30.4 Å². The third kappa shape index (κ3) is 5.60. The van der Waals surface area contributed by atoms with Crippen molar-refractivity contribution in [2.75, 3.05) is 6.61 Å². The highest BCUT2D eigenvalue weighted by atomic mass is 16.6. The molecule has 0 N–H and O–H groups in total. The fourth-order valence-electron chi connectivity index (χ4n) is 3.24. The van der Waals surface area contributed by atoms with Crippen LogP contribution in [0.25, 0.3) is 22.8 Å². The normalized spacial score (nSPS) is 11.4. The number of aromatic nitrogens is 4. The van der Waals surface area contributed by atoms with Crippen LogP contribution in [0.2, 0.25) is 0 Å². The molecule has 0 saturated heterocycles. The van der Waals surface area contributed by atoms with Crippen molar-refractivity contribution < 1.29 is 4.84 Å². The molecule has 0 radical (unpaired) electrons. The van der Waals surface area contributed by atoms with Gasteiger partial charge in [0.25, 0.3) is 0 Å². The number of nitrogens with zero attached hydrogens (tertiary/aromatic N) is 5. The summed E-state index contributed by atoms with van der Waals surface area (Å²) in [5.41, 5.74) is 6.19. The molecule has 4 rings (SSSR count). The number of hydrogen-bond donors (Lipinski definition) is 0. The minimum Gasteiger partial charge on any atom is -0.396 e. The predicted octanol–water partition coefficient (Wildman–Crippen LogP) is 5.28. The van der Waals surface area contributed by atoms with Crippen LogP contribution in [0.4, 0.5) is 0 Å². The number of rotatable bonds is 8. The van der Waals surface area contributed by atoms with E-state index in [0.29, 0.717) is 12.4 Å². The van der Waals surface area contributed by atoms with E-state index in [1.807, 2.05) is 86.6 Å². The van der Waals surface area contributed by atoms with Gasteiger partial charge in [-0.1, -0.05) is 47.6 Å². The molecule has 32 heavy (non-hydrogen) atoms. The van der Waals surface area contributed by atoms with E-state index in [-0.39, 0.29) is 0 Å². The quantitative estimate of drug-likeness (QED) is 0.219. The summed E-state index contributed by atoms with van der Waals surface area (Å²) in [5, 5.41) is 4.19. The van der Waals surface area contributed by atoms with E-state index in [0.717, 1.165) is 52.6 Å². The zero-order valence-electron chi connectivity index (χ0n) is 18.3. The second-order valence-corrected chi connectivity index (χ2v) is 7.42. The van der Waals surface area contributed by atoms with E-state index in [1.165, 1.54) is 0 Å². The molecule has 6 nitrogen and oxygen atoms in total. The van der Waals surface area contributed by atoms with E-state index in [2.05, 4.69) is 15.1 Å². The number of pyridine rings is 2. The number of aryl methyl sites for hydroxylation is 2. The molecule has 0 saturated carbocycles. The monoisotopic (exact) mass is 423 g/mol. The van der Waals surface area contributed by atoms with Crippen molar-refractivity contribution in [2.24, 2.45) is 5.16 Å². The summed E-state index contributed by atoms with van der Waals surface area (Å²) in [6.07, 6.45) is 3.38. The Bertz CT molecular complexity index is 1210. The SMILES string of the molecule is CC(=NOCCCc1cccc(-c2ccnc(-c3ccccc3)n2)n1)c1cccc(C)n1. The first-order valence-electron chi connectivity index (χ1n) is 10.6. The van der Waals surface area contributed by atoms with Gasteiger partial charge in [-0.2, -0.15) is 0 Å². The maximum atomic E-state index is 5.49. The van der Waals surface area contributed by atoms with Gasteiger partial charge in [-0.3, -0.25) is 9.97 Å². The molecule has 6 heteroatoms. The van der Waals surface area contributed by atoms with E-state index >= 15 is 0 Å². The van der Waals surface area contributed by atoms with Gasteiger partial charge >= 0.3 is 0 Å². The molecule has 0 atom stereocenters. The van der Waals surface area contributed by atoms with Crippen molar-refractivity contribution in [1.82, 2.24) is 19.9 Å². The van der Waals surface area contributed by atoms with Crippen LogP contribution >= 0.6 is 0 Å². The van der Waals surface area contributed by atoms with Crippen LogP contribution in [0.3, 0.4) is 0 Å². The highest BCUT2D eigenvalue weighted by molar-refractivity contribution is 5.96. The smallest absolute Gasteiger partial charge is 0.159 e. The second-order valence-electron chi connectivity index (χ2n) is 7.42. The van der Waals surface area contributed by atoms with Crippen LogP contribution in [0.5, 0.6) is 0 Å². The maximum Gasteiger partial charge on any atom is 0.159 e. The zero-order valence-corrected chi connectivity index (χ0v) is 18.3. The molecule has 0 bridgehead atoms. The Morgan fingerprint density at radius 1 is 0.844 bits per heavy atom. The molecule has 0 aliphatic rings. The fourth-order valence-corrected chi connectivity index (χ4v) is 3.24. The Morgan fingerprint density at radius 2 is 1.66 bits per heavy atom. The lowest BCUT2D eigenvalue weighted by molar-refractivity contribution is 0.141. The van der Waals surface area contributed by atoms with Gasteiger partial charge in [0.05, 0.1) is 17.1 Å². The molecule has 0 aliphatic heterocycles. The lowest BCUT2D eigenvalue weighted by Gasteiger charge is -2.06. The molecule has 160 valence electrons. The predicted molar refractivity (Wildman–Crippen MR) is 126 cm³/mol. The fraction of sp³-hybridized carbons (Fsp3) is 0.192. The van der Waals surface area contributed by atoms with E-state index in [1.54, 1.807) is 6.20 Å². The Morgan fingerprint density at radius 3 is 2.50 bits per heavy atom. The van der Waals surface area contributed by atoms with Crippen LogP contribution in [-0.2, 0) is 11.3 Å². The van der Waals surface area contributed by atoms with Crippen molar-refractivity contribution >= 4 is 5.71 Å². The van der Waals surface area contributed by atoms with Gasteiger partial charge in [0, 0.05) is 23.1 Å². The molecule has 0 aliphatic carbocycles. The first-order valence-corrected chi connectivity index (χ1v) is 10.6. The molecule has 0 fully saturated rings. The Labute approximate surface area is 188 Å². The summed E-state index contributed by atoms with van der Waals surface area (Å²) in [6.45, 7) is 4.38. The topological polar surface area (TPSA) is 73.2 Å². The van der Waals surface area contributed by atoms with Crippen LogP contribution < -0.4 is 0 Å². The van der Waals surface area contributed by atoms with Gasteiger partial charge in [0.1, 0.15) is 12.3 Å². The molecule has 3 heterocycles. The van der Waals surface area contributed by atoms with Crippen LogP contribution in [-0.4, -0.2) is 32.3 Å².